The predicted octanol–water partition coefficient (Wildman–Crippen LogP) is 4.61. The molecule has 0 aliphatic carbocycles. The van der Waals surface area contributed by atoms with Gasteiger partial charge in [0.1, 0.15) is 6.61 Å². The number of carbonyl (C=O) groups is 3. The molecule has 0 unspecified atom stereocenters. The van der Waals surface area contributed by atoms with Crippen molar-refractivity contribution in [2.24, 2.45) is 0 Å². The van der Waals surface area contributed by atoms with Gasteiger partial charge in [-0.3, -0.25) is 9.59 Å². The van der Waals surface area contributed by atoms with E-state index in [1.807, 2.05) is 24.3 Å². The van der Waals surface area contributed by atoms with Crippen molar-refractivity contribution < 1.29 is 19.1 Å². The standard InChI is InChI=1S/C22H14BrNO4/c23-16-9-5-14(6-10-16)13-28-22(27)15-7-11-17(12-8-15)24-20(25)18-3-1-2-4-19(18)21(24)26/h1-12H,13H2. The van der Waals surface area contributed by atoms with Crippen molar-refractivity contribution in [3.05, 3.63) is 99.5 Å². The van der Waals surface area contributed by atoms with E-state index in [1.165, 1.54) is 0 Å². The van der Waals surface area contributed by atoms with Gasteiger partial charge in [0, 0.05) is 4.47 Å². The van der Waals surface area contributed by atoms with Crippen molar-refractivity contribution in [2.75, 3.05) is 4.90 Å². The number of nitrogens with zero attached hydrogens (tertiary/aromatic N) is 1. The van der Waals surface area contributed by atoms with E-state index in [-0.39, 0.29) is 18.4 Å². The third-order valence-electron chi connectivity index (χ3n) is 4.44. The molecule has 28 heavy (non-hydrogen) atoms. The van der Waals surface area contributed by atoms with Gasteiger partial charge in [0.2, 0.25) is 0 Å². The van der Waals surface area contributed by atoms with Gasteiger partial charge in [-0.25, -0.2) is 9.69 Å². The van der Waals surface area contributed by atoms with Crippen LogP contribution in [0.5, 0.6) is 0 Å². The van der Waals surface area contributed by atoms with Gasteiger partial charge in [-0.05, 0) is 54.1 Å². The number of halogens is 1. The molecule has 1 aliphatic heterocycles. The van der Waals surface area contributed by atoms with Gasteiger partial charge >= 0.3 is 5.97 Å². The smallest absolute Gasteiger partial charge is 0.338 e. The topological polar surface area (TPSA) is 63.7 Å². The van der Waals surface area contributed by atoms with Crippen LogP contribution >= 0.6 is 15.9 Å². The van der Waals surface area contributed by atoms with Crippen LogP contribution in [-0.4, -0.2) is 17.8 Å². The van der Waals surface area contributed by atoms with Gasteiger partial charge in [0.15, 0.2) is 0 Å². The minimum absolute atomic E-state index is 0.159. The fourth-order valence-electron chi connectivity index (χ4n) is 2.98. The second kappa shape index (κ2) is 7.40. The van der Waals surface area contributed by atoms with Crippen molar-refractivity contribution in [3.8, 4) is 0 Å². The molecule has 1 heterocycles. The van der Waals surface area contributed by atoms with Crippen LogP contribution in [0.15, 0.2) is 77.3 Å². The first-order chi connectivity index (χ1) is 13.5. The highest BCUT2D eigenvalue weighted by Crippen LogP contribution is 2.28. The Balaban J connectivity index is 1.47. The summed E-state index contributed by atoms with van der Waals surface area (Å²) in [5.74, 6) is -1.21. The highest BCUT2D eigenvalue weighted by molar-refractivity contribution is 9.10. The summed E-state index contributed by atoms with van der Waals surface area (Å²) in [7, 11) is 0. The molecule has 0 aromatic heterocycles. The predicted molar refractivity (Wildman–Crippen MR) is 107 cm³/mol. The van der Waals surface area contributed by atoms with Crippen LogP contribution in [-0.2, 0) is 11.3 Å². The minimum atomic E-state index is -0.475. The lowest BCUT2D eigenvalue weighted by Crippen LogP contribution is -2.29. The maximum absolute atomic E-state index is 12.5. The van der Waals surface area contributed by atoms with Crippen LogP contribution in [0.4, 0.5) is 5.69 Å². The van der Waals surface area contributed by atoms with Crippen LogP contribution in [0.25, 0.3) is 0 Å². The van der Waals surface area contributed by atoms with E-state index in [1.54, 1.807) is 48.5 Å². The number of fused-ring (bicyclic) bond motifs is 1. The van der Waals surface area contributed by atoms with E-state index < -0.39 is 5.97 Å². The highest BCUT2D eigenvalue weighted by Gasteiger charge is 2.36. The summed E-state index contributed by atoms with van der Waals surface area (Å²) >= 11 is 3.36. The Morgan fingerprint density at radius 3 is 1.96 bits per heavy atom. The SMILES string of the molecule is O=C(OCc1ccc(Br)cc1)c1ccc(N2C(=O)c3ccccc3C2=O)cc1. The molecule has 0 N–H and O–H groups in total. The Labute approximate surface area is 169 Å². The molecule has 0 saturated heterocycles. The lowest BCUT2D eigenvalue weighted by atomic mass is 10.1. The molecular formula is C22H14BrNO4. The molecule has 0 spiro atoms. The Hall–Kier alpha value is -3.25. The number of rotatable bonds is 4. The van der Waals surface area contributed by atoms with Crippen molar-refractivity contribution in [2.45, 2.75) is 6.61 Å². The summed E-state index contributed by atoms with van der Waals surface area (Å²) in [5, 5.41) is 0. The molecule has 5 nitrogen and oxygen atoms in total. The Morgan fingerprint density at radius 1 is 0.821 bits per heavy atom. The Morgan fingerprint density at radius 2 is 1.39 bits per heavy atom. The third-order valence-corrected chi connectivity index (χ3v) is 4.97. The zero-order valence-electron chi connectivity index (χ0n) is 14.6. The van der Waals surface area contributed by atoms with Crippen molar-refractivity contribution in [3.63, 3.8) is 0 Å². The molecule has 138 valence electrons. The second-order valence-corrected chi connectivity index (χ2v) is 7.16. The lowest BCUT2D eigenvalue weighted by molar-refractivity contribution is 0.0472. The number of anilines is 1. The highest BCUT2D eigenvalue weighted by atomic mass is 79.9. The van der Waals surface area contributed by atoms with Gasteiger partial charge < -0.3 is 4.74 Å². The lowest BCUT2D eigenvalue weighted by Gasteiger charge is -2.14. The number of esters is 1. The van der Waals surface area contributed by atoms with E-state index in [4.69, 9.17) is 4.74 Å². The van der Waals surface area contributed by atoms with Gasteiger partial charge in [0.25, 0.3) is 11.8 Å². The van der Waals surface area contributed by atoms with Gasteiger partial charge in [0.05, 0.1) is 22.4 Å². The minimum Gasteiger partial charge on any atom is -0.457 e. The summed E-state index contributed by atoms with van der Waals surface area (Å²) in [4.78, 5) is 38.4. The van der Waals surface area contributed by atoms with Crippen molar-refractivity contribution >= 4 is 39.4 Å². The maximum atomic E-state index is 12.5. The van der Waals surface area contributed by atoms with E-state index in [2.05, 4.69) is 15.9 Å². The average molecular weight is 436 g/mol. The first-order valence-electron chi connectivity index (χ1n) is 8.54. The second-order valence-electron chi connectivity index (χ2n) is 6.24. The number of benzene rings is 3. The largest absolute Gasteiger partial charge is 0.457 e. The van der Waals surface area contributed by atoms with Crippen molar-refractivity contribution in [1.29, 1.82) is 0 Å². The van der Waals surface area contributed by atoms with Crippen molar-refractivity contribution in [1.82, 2.24) is 0 Å². The molecule has 6 heteroatoms. The molecule has 0 radical (unpaired) electrons. The van der Waals surface area contributed by atoms with Crippen LogP contribution in [0.3, 0.4) is 0 Å². The summed E-state index contributed by atoms with van der Waals surface area (Å²) in [6.07, 6.45) is 0. The monoisotopic (exact) mass is 435 g/mol. The fraction of sp³-hybridized carbons (Fsp3) is 0.0455. The summed E-state index contributed by atoms with van der Waals surface area (Å²) in [5.41, 5.74) is 2.39. The molecule has 0 bridgehead atoms. The van der Waals surface area contributed by atoms with E-state index in [9.17, 15) is 14.4 Å². The Bertz CT molecular complexity index is 1040. The Kier molecular flexibility index (Phi) is 4.79. The number of hydrogen-bond acceptors (Lipinski definition) is 4. The number of ether oxygens (including phenoxy) is 1. The van der Waals surface area contributed by atoms with E-state index in [0.717, 1.165) is 14.9 Å². The average Bonchev–Trinajstić information content (AvgIpc) is 2.98. The number of hydrogen-bond donors (Lipinski definition) is 0. The van der Waals surface area contributed by atoms with Crippen LogP contribution in [0.2, 0.25) is 0 Å². The summed E-state index contributed by atoms with van der Waals surface area (Å²) in [6.45, 7) is 0.159. The zero-order chi connectivity index (χ0) is 19.7. The molecular weight excluding hydrogens is 422 g/mol. The number of carbonyl (C=O) groups excluding carboxylic acids is 3. The third kappa shape index (κ3) is 3.34. The van der Waals surface area contributed by atoms with Gasteiger partial charge in [-0.2, -0.15) is 0 Å². The van der Waals surface area contributed by atoms with E-state index >= 15 is 0 Å². The number of imide groups is 1. The summed E-state index contributed by atoms with van der Waals surface area (Å²) in [6, 6.07) is 20.4. The molecule has 4 rings (SSSR count). The molecule has 0 saturated carbocycles. The quantitative estimate of drug-likeness (QED) is 0.443. The maximum Gasteiger partial charge on any atom is 0.338 e. The molecule has 0 fully saturated rings. The fourth-order valence-corrected chi connectivity index (χ4v) is 3.25. The van der Waals surface area contributed by atoms with Crippen LogP contribution in [0.1, 0.15) is 36.6 Å². The first kappa shape index (κ1) is 18.1. The zero-order valence-corrected chi connectivity index (χ0v) is 16.2. The molecule has 0 atom stereocenters. The van der Waals surface area contributed by atoms with Crippen LogP contribution in [0, 0.1) is 0 Å². The molecule has 3 aromatic rings. The van der Waals surface area contributed by atoms with E-state index in [0.29, 0.717) is 22.4 Å². The normalized spacial score (nSPS) is 12.8. The molecule has 1 aliphatic rings. The molecule has 3 aromatic carbocycles. The van der Waals surface area contributed by atoms with Gasteiger partial charge in [-0.1, -0.05) is 40.2 Å². The molecule has 2 amide bonds. The number of amides is 2. The first-order valence-corrected chi connectivity index (χ1v) is 9.33. The van der Waals surface area contributed by atoms with Gasteiger partial charge in [-0.15, -0.1) is 0 Å². The summed E-state index contributed by atoms with van der Waals surface area (Å²) < 4.78 is 6.26. The van der Waals surface area contributed by atoms with Crippen LogP contribution < -0.4 is 4.90 Å².